The number of fused-ring (bicyclic) bond motifs is 18. The van der Waals surface area contributed by atoms with Gasteiger partial charge in [-0.1, -0.05) is 101 Å². The van der Waals surface area contributed by atoms with Crippen molar-refractivity contribution in [3.8, 4) is 0 Å². The molecule has 15 heteroatoms. The van der Waals surface area contributed by atoms with E-state index in [0.717, 1.165) is 61.7 Å². The van der Waals surface area contributed by atoms with E-state index in [1.807, 2.05) is 75.8 Å². The Morgan fingerprint density at radius 3 is 1.32 bits per heavy atom. The number of hydrogen-bond donors (Lipinski definition) is 3. The van der Waals surface area contributed by atoms with E-state index in [2.05, 4.69) is 260 Å². The number of aromatic amines is 3. The van der Waals surface area contributed by atoms with Gasteiger partial charge < -0.3 is 41.9 Å². The van der Waals surface area contributed by atoms with E-state index in [0.29, 0.717) is 0 Å². The van der Waals surface area contributed by atoms with Gasteiger partial charge in [-0.2, -0.15) is 0 Å². The molecule has 0 fully saturated rings. The van der Waals surface area contributed by atoms with E-state index in [1.165, 1.54) is 89.2 Å². The SMILES string of the molecule is C.C.C.Cc1c(C)n2c3ccccc3cc2n1C.Cc1c(C)n2c3ccccc3cc2n1C.Cc1c(C)n2cc3ccccc3c2n1C.Cc1nc2c(cc3ccccn32)[nH]1.Cc1nc2c(cn3ccccc23)[nH]1.Cc1nc2c(cn3ccccc23)[nH]1. The largest absolute Gasteiger partial charge is 0.341 e. The Kier molecular flexibility index (Phi) is 16.2. The molecule has 0 aliphatic heterocycles. The van der Waals surface area contributed by atoms with E-state index in [9.17, 15) is 0 Å². The number of hydrogen-bond acceptors (Lipinski definition) is 3. The minimum atomic E-state index is 0. The molecule has 0 radical (unpaired) electrons. The number of pyridine rings is 3. The molecule has 0 amide bonds. The summed E-state index contributed by atoms with van der Waals surface area (Å²) < 4.78 is 19.9. The number of H-pyrrole nitrogens is 3. The third-order valence-electron chi connectivity index (χ3n) is 16.9. The van der Waals surface area contributed by atoms with Gasteiger partial charge in [-0.05, 0) is 129 Å². The normalized spacial score (nSPS) is 11.2. The number of aryl methyl sites for hydroxylation is 9. The third kappa shape index (κ3) is 10.3. The first-order chi connectivity index (χ1) is 40.6. The average molecular weight is 1160 g/mol. The number of nitrogens with zero attached hydrogens (tertiary/aromatic N) is 12. The molecule has 18 rings (SSSR count). The molecular weight excluding hydrogens is 1070 g/mol. The third-order valence-corrected chi connectivity index (χ3v) is 16.9. The van der Waals surface area contributed by atoms with Crippen molar-refractivity contribution in [1.29, 1.82) is 0 Å². The molecule has 15 heterocycles. The minimum absolute atomic E-state index is 0. The van der Waals surface area contributed by atoms with Crippen LogP contribution in [0.3, 0.4) is 0 Å². The van der Waals surface area contributed by atoms with Crippen molar-refractivity contribution < 1.29 is 0 Å². The van der Waals surface area contributed by atoms with Crippen molar-refractivity contribution >= 4 is 99.3 Å². The van der Waals surface area contributed by atoms with Gasteiger partial charge in [0.1, 0.15) is 45.4 Å². The van der Waals surface area contributed by atoms with Crippen molar-refractivity contribution in [2.24, 2.45) is 21.1 Å². The van der Waals surface area contributed by atoms with Gasteiger partial charge in [0.15, 0.2) is 5.65 Å². The summed E-state index contributed by atoms with van der Waals surface area (Å²) >= 11 is 0. The van der Waals surface area contributed by atoms with Gasteiger partial charge in [-0.15, -0.1) is 0 Å². The smallest absolute Gasteiger partial charge is 0.163 e. The summed E-state index contributed by atoms with van der Waals surface area (Å²) in [5.74, 6) is 2.90. The van der Waals surface area contributed by atoms with Crippen LogP contribution in [0.25, 0.3) is 99.3 Å². The Morgan fingerprint density at radius 2 is 0.782 bits per heavy atom. The molecule has 15 nitrogen and oxygen atoms in total. The van der Waals surface area contributed by atoms with E-state index in [-0.39, 0.29) is 22.3 Å². The van der Waals surface area contributed by atoms with Gasteiger partial charge in [0, 0.05) is 120 Å². The summed E-state index contributed by atoms with van der Waals surface area (Å²) in [5.41, 5.74) is 24.3. The highest BCUT2D eigenvalue weighted by Crippen LogP contribution is 2.29. The number of nitrogens with one attached hydrogen (secondary N) is 3. The van der Waals surface area contributed by atoms with Crippen molar-refractivity contribution in [3.05, 3.63) is 234 Å². The van der Waals surface area contributed by atoms with Gasteiger partial charge in [0.25, 0.3) is 0 Å². The van der Waals surface area contributed by atoms with Crippen molar-refractivity contribution in [1.82, 2.24) is 70.0 Å². The van der Waals surface area contributed by atoms with Crippen LogP contribution in [-0.2, 0) is 21.1 Å². The predicted molar refractivity (Wildman–Crippen MR) is 366 cm³/mol. The molecule has 444 valence electrons. The molecular formula is C72H81N15. The molecule has 0 saturated carbocycles. The highest BCUT2D eigenvalue weighted by molar-refractivity contribution is 5.96. The molecule has 0 saturated heterocycles. The fraction of sp³-hybridized carbons (Fsp3) is 0.208. The maximum Gasteiger partial charge on any atom is 0.163 e. The fourth-order valence-electron chi connectivity index (χ4n) is 12.1. The maximum atomic E-state index is 4.42. The maximum absolute atomic E-state index is 4.42. The fourth-order valence-corrected chi connectivity index (χ4v) is 12.1. The number of aromatic nitrogens is 15. The topological polar surface area (TPSA) is 127 Å². The molecule has 18 aromatic rings. The first kappa shape index (κ1) is 59.7. The lowest BCUT2D eigenvalue weighted by Gasteiger charge is -1.97. The summed E-state index contributed by atoms with van der Waals surface area (Å²) in [7, 11) is 6.37. The second kappa shape index (κ2) is 23.6. The Hall–Kier alpha value is -10.4. The van der Waals surface area contributed by atoms with Crippen LogP contribution in [0.2, 0.25) is 0 Å². The molecule has 3 N–H and O–H groups in total. The van der Waals surface area contributed by atoms with Crippen LogP contribution in [0.1, 0.15) is 73.9 Å². The first-order valence-electron chi connectivity index (χ1n) is 28.5. The van der Waals surface area contributed by atoms with Crippen molar-refractivity contribution in [2.45, 2.75) is 84.6 Å². The molecule has 0 bridgehead atoms. The predicted octanol–water partition coefficient (Wildman–Crippen LogP) is 17.4. The van der Waals surface area contributed by atoms with Crippen LogP contribution in [0.4, 0.5) is 0 Å². The number of imidazole rings is 6. The van der Waals surface area contributed by atoms with Gasteiger partial charge in [-0.25, -0.2) is 15.0 Å². The summed E-state index contributed by atoms with van der Waals surface area (Å²) in [4.78, 5) is 22.9. The van der Waals surface area contributed by atoms with Crippen LogP contribution in [-0.4, -0.2) is 70.0 Å². The monoisotopic (exact) mass is 1160 g/mol. The number of rotatable bonds is 0. The minimum Gasteiger partial charge on any atom is -0.341 e. The van der Waals surface area contributed by atoms with Crippen molar-refractivity contribution in [3.63, 3.8) is 0 Å². The van der Waals surface area contributed by atoms with Crippen LogP contribution in [0.15, 0.2) is 183 Å². The van der Waals surface area contributed by atoms with Crippen LogP contribution in [0.5, 0.6) is 0 Å². The molecule has 0 atom stereocenters. The molecule has 0 spiro atoms. The number of para-hydroxylation sites is 2. The Balaban J connectivity index is 0.000000115. The lowest BCUT2D eigenvalue weighted by atomic mass is 10.2. The van der Waals surface area contributed by atoms with E-state index >= 15 is 0 Å². The highest BCUT2D eigenvalue weighted by Gasteiger charge is 2.15. The molecule has 0 aliphatic rings. The summed E-state index contributed by atoms with van der Waals surface area (Å²) in [6, 6.07) is 50.5. The van der Waals surface area contributed by atoms with Crippen LogP contribution in [0, 0.1) is 62.3 Å². The van der Waals surface area contributed by atoms with E-state index < -0.39 is 0 Å². The van der Waals surface area contributed by atoms with Gasteiger partial charge in [0.05, 0.1) is 38.6 Å². The van der Waals surface area contributed by atoms with Crippen molar-refractivity contribution in [2.75, 3.05) is 0 Å². The second-order valence-electron chi connectivity index (χ2n) is 22.0. The highest BCUT2D eigenvalue weighted by atomic mass is 15.1. The average Bonchev–Trinajstić information content (AvgIpc) is 1.75. The lowest BCUT2D eigenvalue weighted by Crippen LogP contribution is -1.90. The Labute approximate surface area is 507 Å². The zero-order valence-electron chi connectivity index (χ0n) is 49.7. The Morgan fingerprint density at radius 1 is 0.356 bits per heavy atom. The lowest BCUT2D eigenvalue weighted by molar-refractivity contribution is 0.910. The van der Waals surface area contributed by atoms with Crippen LogP contribution >= 0.6 is 0 Å². The molecule has 0 unspecified atom stereocenters. The van der Waals surface area contributed by atoms with Gasteiger partial charge in [-0.3, -0.25) is 13.2 Å². The van der Waals surface area contributed by atoms with Crippen LogP contribution < -0.4 is 0 Å². The molecule has 0 aliphatic carbocycles. The standard InChI is InChI=1S/3C13H14N2.3C10H9N3.3CH4/c1-9-10(2)15-8-11-6-4-5-7-12(11)13(15)14(9)3;2*1-9-10(2)15-12-7-5-4-6-11(12)8-13(15)14(9)3;2*1-7-11-8-6-13-5-3-2-4-9(13)10(8)12-7;1-7-11-9-6-8-4-2-3-5-13(8)10(9)12-7;;;/h3*4-8H,1-3H3;3*2-6H,1H3,(H,11,12);3*1H4. The number of benzene rings is 3. The first-order valence-corrected chi connectivity index (χ1v) is 28.5. The summed E-state index contributed by atoms with van der Waals surface area (Å²) in [6.45, 7) is 18.9. The second-order valence-corrected chi connectivity index (χ2v) is 22.0. The quantitative estimate of drug-likeness (QED) is 0.140. The zero-order valence-corrected chi connectivity index (χ0v) is 49.7. The molecule has 3 aromatic carbocycles. The summed E-state index contributed by atoms with van der Waals surface area (Å²) in [5, 5.41) is 5.26. The Bertz CT molecular complexity index is 4900. The van der Waals surface area contributed by atoms with Gasteiger partial charge >= 0.3 is 0 Å². The zero-order chi connectivity index (χ0) is 58.2. The van der Waals surface area contributed by atoms with Gasteiger partial charge in [0.2, 0.25) is 0 Å². The molecule has 15 aromatic heterocycles. The molecule has 87 heavy (non-hydrogen) atoms. The van der Waals surface area contributed by atoms with E-state index in [1.54, 1.807) is 0 Å². The summed E-state index contributed by atoms with van der Waals surface area (Å²) in [6.07, 6.45) is 12.4. The van der Waals surface area contributed by atoms with E-state index in [4.69, 9.17) is 0 Å².